The largest absolute Gasteiger partial charge is 0.467 e. The third kappa shape index (κ3) is 9.77. The molecule has 1 heterocycles. The van der Waals surface area contributed by atoms with Gasteiger partial charge in [-0.1, -0.05) is 65.3 Å². The number of fused-ring (bicyclic) bond motifs is 1. The number of rotatable bonds is 18. The van der Waals surface area contributed by atoms with Crippen molar-refractivity contribution in [3.05, 3.63) is 35.4 Å². The van der Waals surface area contributed by atoms with Crippen molar-refractivity contribution in [1.29, 1.82) is 0 Å². The highest BCUT2D eigenvalue weighted by atomic mass is 16.5. The van der Waals surface area contributed by atoms with Crippen molar-refractivity contribution in [1.82, 2.24) is 20.4 Å². The minimum atomic E-state index is -1.23. The molecule has 13 heteroatoms. The molecule has 4 amide bonds. The van der Waals surface area contributed by atoms with Crippen LogP contribution in [-0.4, -0.2) is 116 Å². The van der Waals surface area contributed by atoms with Crippen LogP contribution in [0.2, 0.25) is 0 Å². The van der Waals surface area contributed by atoms with Crippen molar-refractivity contribution in [3.63, 3.8) is 0 Å². The SMILES string of the molecule is CC[C@H](C)[C@@H]([C@@H](CC(=O)N1CCC[C@H]1[C@H](OC)[C@@H](C)C(=O)N[C@H](C(=O)OC)[C@@H]1Cc2ccccc21)OC)N(C)[C@H](C(=O)NC(=O)C(C)(C)N)C(C)C. The Hall–Kier alpha value is -3.39. The van der Waals surface area contributed by atoms with Crippen LogP contribution in [0.15, 0.2) is 24.3 Å². The highest BCUT2D eigenvalue weighted by Gasteiger charge is 2.45. The molecule has 1 fully saturated rings. The summed E-state index contributed by atoms with van der Waals surface area (Å²) in [6.45, 7) is 13.3. The summed E-state index contributed by atoms with van der Waals surface area (Å²) in [5.41, 5.74) is 6.88. The Bertz CT molecular complexity index is 1410. The number of carbonyl (C=O) groups excluding carboxylic acids is 5. The first-order valence-corrected chi connectivity index (χ1v) is 18.6. The lowest BCUT2D eigenvalue weighted by atomic mass is 9.73. The van der Waals surface area contributed by atoms with Crippen molar-refractivity contribution in [2.24, 2.45) is 23.5 Å². The molecule has 1 aromatic rings. The fourth-order valence-corrected chi connectivity index (χ4v) is 8.01. The third-order valence-corrected chi connectivity index (χ3v) is 11.1. The average molecular weight is 730 g/mol. The van der Waals surface area contributed by atoms with Crippen LogP contribution in [0, 0.1) is 17.8 Å². The van der Waals surface area contributed by atoms with Crippen LogP contribution in [0.4, 0.5) is 0 Å². The monoisotopic (exact) mass is 729 g/mol. The van der Waals surface area contributed by atoms with Gasteiger partial charge in [-0.2, -0.15) is 0 Å². The molecule has 0 unspecified atom stereocenters. The first kappa shape index (κ1) is 43.0. The van der Waals surface area contributed by atoms with Crippen molar-refractivity contribution < 1.29 is 38.2 Å². The number of nitrogens with two attached hydrogens (primary N) is 1. The standard InChI is InChI=1S/C39H63N5O8/c1-12-23(4)33(43(8)32(22(2)3)36(47)42-38(49)39(6,7)40)29(50-9)21-30(45)44-19-15-18-28(44)34(51-10)24(5)35(46)41-31(37(48)52-11)27-20-25-16-13-14-17-26(25)27/h13-14,16-17,22-24,27-29,31-34H,12,15,18-21,40H2,1-11H3,(H,41,46)(H,42,47,49)/t23-,24+,27+,28-,29+,31-,32-,33-,34+/m0/s1. The summed E-state index contributed by atoms with van der Waals surface area (Å²) in [6.07, 6.45) is 1.61. The summed E-state index contributed by atoms with van der Waals surface area (Å²) >= 11 is 0. The van der Waals surface area contributed by atoms with Crippen LogP contribution in [0.25, 0.3) is 0 Å². The fourth-order valence-electron chi connectivity index (χ4n) is 8.01. The number of imide groups is 1. The summed E-state index contributed by atoms with van der Waals surface area (Å²) in [6, 6.07) is 5.57. The van der Waals surface area contributed by atoms with Crippen LogP contribution < -0.4 is 16.4 Å². The molecule has 52 heavy (non-hydrogen) atoms. The molecule has 1 aromatic carbocycles. The maximum atomic E-state index is 14.2. The van der Waals surface area contributed by atoms with Crippen LogP contribution >= 0.6 is 0 Å². The lowest BCUT2D eigenvalue weighted by Crippen LogP contribution is -2.60. The van der Waals surface area contributed by atoms with Crippen molar-refractivity contribution in [2.75, 3.05) is 34.9 Å². The van der Waals surface area contributed by atoms with Gasteiger partial charge in [-0.05, 0) is 63.1 Å². The van der Waals surface area contributed by atoms with Gasteiger partial charge in [-0.25, -0.2) is 4.79 Å². The van der Waals surface area contributed by atoms with E-state index in [0.29, 0.717) is 19.4 Å². The number of amides is 4. The molecule has 0 bridgehead atoms. The highest BCUT2D eigenvalue weighted by Crippen LogP contribution is 2.38. The van der Waals surface area contributed by atoms with Gasteiger partial charge in [0, 0.05) is 32.7 Å². The van der Waals surface area contributed by atoms with Crippen molar-refractivity contribution >= 4 is 29.6 Å². The van der Waals surface area contributed by atoms with Gasteiger partial charge in [0.2, 0.25) is 23.6 Å². The van der Waals surface area contributed by atoms with Gasteiger partial charge in [0.25, 0.3) is 0 Å². The van der Waals surface area contributed by atoms with Crippen LogP contribution in [0.3, 0.4) is 0 Å². The zero-order chi connectivity index (χ0) is 39.1. The number of hydrogen-bond acceptors (Lipinski definition) is 10. The number of likely N-dealkylation sites (N-methyl/N-ethyl adjacent to an activating group) is 1. The van der Waals surface area contributed by atoms with Gasteiger partial charge in [0.1, 0.15) is 6.04 Å². The van der Waals surface area contributed by atoms with Gasteiger partial charge in [0.15, 0.2) is 0 Å². The molecule has 0 saturated carbocycles. The van der Waals surface area contributed by atoms with E-state index in [2.05, 4.69) is 17.6 Å². The Kier molecular flexibility index (Phi) is 15.4. The summed E-state index contributed by atoms with van der Waals surface area (Å²) < 4.78 is 17.1. The number of nitrogens with one attached hydrogen (secondary N) is 2. The predicted molar refractivity (Wildman–Crippen MR) is 198 cm³/mol. The smallest absolute Gasteiger partial charge is 0.329 e. The number of hydrogen-bond donors (Lipinski definition) is 3. The molecule has 9 atom stereocenters. The number of carbonyl (C=O) groups is 5. The van der Waals surface area contributed by atoms with Crippen molar-refractivity contribution in [3.8, 4) is 0 Å². The van der Waals surface area contributed by atoms with Crippen LogP contribution in [0.5, 0.6) is 0 Å². The lowest BCUT2D eigenvalue weighted by molar-refractivity contribution is -0.148. The maximum Gasteiger partial charge on any atom is 0.329 e. The zero-order valence-electron chi connectivity index (χ0n) is 33.1. The summed E-state index contributed by atoms with van der Waals surface area (Å²) in [4.78, 5) is 70.7. The number of esters is 1. The molecule has 3 rings (SSSR count). The van der Waals surface area contributed by atoms with E-state index in [4.69, 9.17) is 19.9 Å². The first-order chi connectivity index (χ1) is 24.4. The molecule has 292 valence electrons. The van der Waals surface area contributed by atoms with E-state index >= 15 is 0 Å². The van der Waals surface area contributed by atoms with E-state index in [9.17, 15) is 24.0 Å². The van der Waals surface area contributed by atoms with Crippen molar-refractivity contribution in [2.45, 2.75) is 128 Å². The first-order valence-electron chi connectivity index (χ1n) is 18.6. The van der Waals surface area contributed by atoms with Gasteiger partial charge in [-0.15, -0.1) is 0 Å². The van der Waals surface area contributed by atoms with Gasteiger partial charge in [0.05, 0.1) is 49.3 Å². The molecule has 13 nitrogen and oxygen atoms in total. The van der Waals surface area contributed by atoms with Crippen LogP contribution in [-0.2, 0) is 44.6 Å². The van der Waals surface area contributed by atoms with E-state index in [1.54, 1.807) is 32.8 Å². The lowest BCUT2D eigenvalue weighted by Gasteiger charge is -2.43. The Morgan fingerprint density at radius 2 is 1.67 bits per heavy atom. The Labute approximate surface area is 310 Å². The topological polar surface area (TPSA) is 170 Å². The molecule has 1 aliphatic carbocycles. The second-order valence-electron chi connectivity index (χ2n) is 15.6. The van der Waals surface area contributed by atoms with E-state index in [-0.39, 0.29) is 48.1 Å². The number of nitrogens with zero attached hydrogens (tertiary/aromatic N) is 2. The fraction of sp³-hybridized carbons (Fsp3) is 0.718. The molecule has 0 aromatic heterocycles. The maximum absolute atomic E-state index is 14.2. The van der Waals surface area contributed by atoms with Gasteiger partial charge < -0.3 is 30.2 Å². The Balaban J connectivity index is 1.79. The second-order valence-corrected chi connectivity index (χ2v) is 15.6. The Morgan fingerprint density at radius 3 is 2.21 bits per heavy atom. The average Bonchev–Trinajstić information content (AvgIpc) is 3.56. The second kappa shape index (κ2) is 18.6. The quantitative estimate of drug-likeness (QED) is 0.191. The minimum Gasteiger partial charge on any atom is -0.467 e. The molecular weight excluding hydrogens is 666 g/mol. The van der Waals surface area contributed by atoms with E-state index in [1.165, 1.54) is 14.2 Å². The number of benzene rings is 1. The molecule has 2 aliphatic rings. The van der Waals surface area contributed by atoms with Crippen LogP contribution in [0.1, 0.15) is 91.2 Å². The molecule has 1 aliphatic heterocycles. The highest BCUT2D eigenvalue weighted by molar-refractivity contribution is 6.01. The molecule has 1 saturated heterocycles. The number of methoxy groups -OCH3 is 3. The Morgan fingerprint density at radius 1 is 1.02 bits per heavy atom. The summed E-state index contributed by atoms with van der Waals surface area (Å²) in [5, 5.41) is 5.43. The van der Waals surface area contributed by atoms with Gasteiger partial charge >= 0.3 is 5.97 Å². The minimum absolute atomic E-state index is 0.0219. The molecular formula is C39H63N5O8. The number of ether oxygens (including phenoxy) is 3. The number of likely N-dealkylation sites (tertiary alicyclic amines) is 1. The van der Waals surface area contributed by atoms with E-state index in [0.717, 1.165) is 24.0 Å². The van der Waals surface area contributed by atoms with E-state index in [1.807, 2.05) is 57.0 Å². The summed E-state index contributed by atoms with van der Waals surface area (Å²) in [5.74, 6) is -3.06. The normalized spacial score (nSPS) is 21.2. The summed E-state index contributed by atoms with van der Waals surface area (Å²) in [7, 11) is 6.25. The zero-order valence-corrected chi connectivity index (χ0v) is 33.1. The molecule has 0 radical (unpaired) electrons. The predicted octanol–water partition coefficient (Wildman–Crippen LogP) is 2.78. The van der Waals surface area contributed by atoms with E-state index < -0.39 is 53.5 Å². The molecule has 0 spiro atoms. The third-order valence-electron chi connectivity index (χ3n) is 11.1. The van der Waals surface area contributed by atoms with Gasteiger partial charge in [-0.3, -0.25) is 29.4 Å². The molecule has 4 N–H and O–H groups in total.